The predicted molar refractivity (Wildman–Crippen MR) is 246 cm³/mol. The first kappa shape index (κ1) is 34.3. The number of furan rings is 3. The van der Waals surface area contributed by atoms with E-state index in [4.69, 9.17) is 19.8 Å². The molecule has 0 fully saturated rings. The van der Waals surface area contributed by atoms with Gasteiger partial charge >= 0.3 is 0 Å². The molecule has 0 aliphatic rings. The maximum Gasteiger partial charge on any atom is 0.187 e. The van der Waals surface area contributed by atoms with E-state index in [9.17, 15) is 5.26 Å². The van der Waals surface area contributed by atoms with Gasteiger partial charge in [-0.2, -0.15) is 5.26 Å². The van der Waals surface area contributed by atoms with Crippen LogP contribution in [0.2, 0.25) is 0 Å². The van der Waals surface area contributed by atoms with Crippen molar-refractivity contribution in [3.05, 3.63) is 199 Å². The number of para-hydroxylation sites is 4. The Hall–Kier alpha value is -8.78. The molecule has 0 N–H and O–H groups in total. The largest absolute Gasteiger partial charge is 0.456 e. The summed E-state index contributed by atoms with van der Waals surface area (Å²) in [6, 6.07) is 63.1. The Balaban J connectivity index is 1.10. The van der Waals surface area contributed by atoms with Crippen LogP contribution in [0.25, 0.3) is 81.4 Å². The zero-order chi connectivity index (χ0) is 40.6. The molecule has 0 saturated carbocycles. The summed E-state index contributed by atoms with van der Waals surface area (Å²) in [6.45, 7) is 7.62. The number of anilines is 6. The summed E-state index contributed by atoms with van der Waals surface area (Å²) in [6.07, 6.45) is 0. The first-order valence-electron chi connectivity index (χ1n) is 19.9. The summed E-state index contributed by atoms with van der Waals surface area (Å²) in [5, 5.41) is 17.8. The molecule has 12 aromatic rings. The lowest BCUT2D eigenvalue weighted by molar-refractivity contribution is 0.667. The van der Waals surface area contributed by atoms with Crippen molar-refractivity contribution in [2.45, 2.75) is 0 Å². The minimum atomic E-state index is 0.566. The Labute approximate surface area is 348 Å². The fraction of sp³-hybridized carbons (Fsp3) is 0. The first-order valence-corrected chi connectivity index (χ1v) is 19.9. The van der Waals surface area contributed by atoms with Crippen molar-refractivity contribution in [2.75, 3.05) is 9.80 Å². The van der Waals surface area contributed by atoms with Gasteiger partial charge in [0.1, 0.15) is 22.3 Å². The summed E-state index contributed by atoms with van der Waals surface area (Å²) >= 11 is 0. The van der Waals surface area contributed by atoms with Gasteiger partial charge in [0.05, 0.1) is 35.3 Å². The standard InChI is InChI=1S/C54H30N4O3/c1-56-34-22-26-35(27-23-34)57(45-16-8-14-42-39-11-4-6-18-48(39)60-53(42)45)37-28-29-50-44(30-37)52-41-13-3-2-10-38(41)47(31-51(52)59-50)58(36-24-20-33(32-55)21-25-36)46-17-9-15-43-40-12-5-7-19-49(40)61-54(43)46/h2-31H. The SMILES string of the molecule is [C-]#[N+]c1ccc(N(c2ccc3oc4cc(N(c5ccc(C#N)cc5)c5cccc6c5oc5ccccc56)c5ccccc5c4c3c2)c2cccc3c2oc2ccccc23)cc1. The molecule has 0 amide bonds. The van der Waals surface area contributed by atoms with Crippen LogP contribution in [0.15, 0.2) is 195 Å². The molecule has 7 heteroatoms. The lowest BCUT2D eigenvalue weighted by Crippen LogP contribution is -2.11. The highest BCUT2D eigenvalue weighted by atomic mass is 16.3. The summed E-state index contributed by atoms with van der Waals surface area (Å²) in [5.74, 6) is 0. The van der Waals surface area contributed by atoms with Crippen molar-refractivity contribution in [3.63, 3.8) is 0 Å². The molecule has 0 unspecified atom stereocenters. The Bertz CT molecular complexity index is 3810. The number of rotatable bonds is 6. The van der Waals surface area contributed by atoms with Crippen molar-refractivity contribution < 1.29 is 13.3 Å². The van der Waals surface area contributed by atoms with E-state index in [1.54, 1.807) is 0 Å². The smallest absolute Gasteiger partial charge is 0.187 e. The molecule has 0 aliphatic heterocycles. The minimum absolute atomic E-state index is 0.566. The second kappa shape index (κ2) is 13.4. The number of hydrogen-bond donors (Lipinski definition) is 0. The lowest BCUT2D eigenvalue weighted by atomic mass is 10.00. The molecule has 0 bridgehead atoms. The number of nitriles is 1. The molecular weight excluding hydrogens is 753 g/mol. The van der Waals surface area contributed by atoms with E-state index in [-0.39, 0.29) is 0 Å². The second-order valence-corrected chi connectivity index (χ2v) is 15.1. The van der Waals surface area contributed by atoms with Gasteiger partial charge in [0.2, 0.25) is 0 Å². The molecule has 0 radical (unpaired) electrons. The Morgan fingerprint density at radius 2 is 0.934 bits per heavy atom. The summed E-state index contributed by atoms with van der Waals surface area (Å²) < 4.78 is 20.0. The van der Waals surface area contributed by atoms with Crippen LogP contribution in [-0.2, 0) is 0 Å². The average molecular weight is 783 g/mol. The van der Waals surface area contributed by atoms with Gasteiger partial charge < -0.3 is 23.1 Å². The first-order chi connectivity index (χ1) is 30.1. The van der Waals surface area contributed by atoms with Gasteiger partial charge in [-0.1, -0.05) is 97.1 Å². The molecule has 0 atom stereocenters. The quantitative estimate of drug-likeness (QED) is 0.156. The number of fused-ring (bicyclic) bond motifs is 11. The molecule has 0 saturated heterocycles. The molecular formula is C54H30N4O3. The maximum atomic E-state index is 9.72. The van der Waals surface area contributed by atoms with E-state index in [1.165, 1.54) is 0 Å². The highest BCUT2D eigenvalue weighted by Gasteiger charge is 2.25. The fourth-order valence-electron chi connectivity index (χ4n) is 8.95. The van der Waals surface area contributed by atoms with E-state index in [0.29, 0.717) is 11.3 Å². The number of hydrogen-bond acceptors (Lipinski definition) is 6. The third-order valence-electron chi connectivity index (χ3n) is 11.7. The molecule has 284 valence electrons. The van der Waals surface area contributed by atoms with Crippen molar-refractivity contribution in [1.82, 2.24) is 0 Å². The molecule has 61 heavy (non-hydrogen) atoms. The average Bonchev–Trinajstić information content (AvgIpc) is 4.02. The molecule has 3 aromatic heterocycles. The number of nitrogens with zero attached hydrogens (tertiary/aromatic N) is 4. The maximum absolute atomic E-state index is 9.72. The van der Waals surface area contributed by atoms with Crippen LogP contribution in [0.5, 0.6) is 0 Å². The predicted octanol–water partition coefficient (Wildman–Crippen LogP) is 15.9. The summed E-state index contributed by atoms with van der Waals surface area (Å²) in [5.41, 5.74) is 11.1. The molecule has 12 rings (SSSR count). The monoisotopic (exact) mass is 782 g/mol. The van der Waals surface area contributed by atoms with Crippen molar-refractivity contribution in [2.24, 2.45) is 0 Å². The van der Waals surface area contributed by atoms with Crippen LogP contribution in [0, 0.1) is 17.9 Å². The van der Waals surface area contributed by atoms with Crippen LogP contribution in [0.3, 0.4) is 0 Å². The summed E-state index contributed by atoms with van der Waals surface area (Å²) in [4.78, 5) is 8.05. The zero-order valence-electron chi connectivity index (χ0n) is 32.3. The van der Waals surface area contributed by atoms with E-state index in [1.807, 2.05) is 91.0 Å². The fourth-order valence-corrected chi connectivity index (χ4v) is 8.95. The van der Waals surface area contributed by atoms with Gasteiger partial charge in [0.25, 0.3) is 0 Å². The van der Waals surface area contributed by atoms with Crippen LogP contribution in [0.1, 0.15) is 5.56 Å². The lowest BCUT2D eigenvalue weighted by Gasteiger charge is -2.27. The van der Waals surface area contributed by atoms with Gasteiger partial charge in [-0.25, -0.2) is 4.85 Å². The Morgan fingerprint density at radius 1 is 0.410 bits per heavy atom. The van der Waals surface area contributed by atoms with E-state index >= 15 is 0 Å². The van der Waals surface area contributed by atoms with Gasteiger partial charge in [-0.05, 0) is 84.2 Å². The highest BCUT2D eigenvalue weighted by molar-refractivity contribution is 6.24. The van der Waals surface area contributed by atoms with Crippen molar-refractivity contribution >= 4 is 116 Å². The molecule has 3 heterocycles. The Morgan fingerprint density at radius 3 is 1.57 bits per heavy atom. The molecule has 9 aromatic carbocycles. The normalized spacial score (nSPS) is 11.6. The minimum Gasteiger partial charge on any atom is -0.456 e. The van der Waals surface area contributed by atoms with Gasteiger partial charge in [0.15, 0.2) is 16.9 Å². The van der Waals surface area contributed by atoms with Crippen LogP contribution < -0.4 is 9.80 Å². The van der Waals surface area contributed by atoms with Crippen molar-refractivity contribution in [3.8, 4) is 6.07 Å². The van der Waals surface area contributed by atoms with Gasteiger partial charge in [-0.3, -0.25) is 0 Å². The van der Waals surface area contributed by atoms with E-state index in [0.717, 1.165) is 111 Å². The van der Waals surface area contributed by atoms with Crippen LogP contribution in [-0.4, -0.2) is 0 Å². The molecule has 7 nitrogen and oxygen atoms in total. The molecule has 0 aliphatic carbocycles. The van der Waals surface area contributed by atoms with E-state index < -0.39 is 0 Å². The molecule has 0 spiro atoms. The second-order valence-electron chi connectivity index (χ2n) is 15.1. The topological polar surface area (TPSA) is 74.1 Å². The van der Waals surface area contributed by atoms with E-state index in [2.05, 4.69) is 112 Å². The van der Waals surface area contributed by atoms with Gasteiger partial charge in [-0.15, -0.1) is 0 Å². The van der Waals surface area contributed by atoms with Crippen LogP contribution >= 0.6 is 0 Å². The summed E-state index contributed by atoms with van der Waals surface area (Å²) in [7, 11) is 0. The van der Waals surface area contributed by atoms with Crippen LogP contribution in [0.4, 0.5) is 39.8 Å². The zero-order valence-corrected chi connectivity index (χ0v) is 32.3. The van der Waals surface area contributed by atoms with Gasteiger partial charge in [0, 0.05) is 60.8 Å². The van der Waals surface area contributed by atoms with Crippen molar-refractivity contribution in [1.29, 1.82) is 5.26 Å². The number of benzene rings is 9. The Kier molecular flexibility index (Phi) is 7.52. The highest BCUT2D eigenvalue weighted by Crippen LogP contribution is 2.49. The third-order valence-corrected chi connectivity index (χ3v) is 11.7. The third kappa shape index (κ3) is 5.29.